The molecule has 0 aliphatic carbocycles. The van der Waals surface area contributed by atoms with Crippen molar-refractivity contribution >= 4 is 23.0 Å². The van der Waals surface area contributed by atoms with Gasteiger partial charge in [0.1, 0.15) is 5.82 Å². The van der Waals surface area contributed by atoms with Crippen molar-refractivity contribution in [2.75, 3.05) is 5.32 Å². The van der Waals surface area contributed by atoms with Gasteiger partial charge in [0.25, 0.3) is 0 Å². The number of nitrogens with zero attached hydrogens (tertiary/aromatic N) is 4. The Morgan fingerprint density at radius 3 is 3.09 bits per heavy atom. The lowest BCUT2D eigenvalue weighted by atomic mass is 10.2. The lowest BCUT2D eigenvalue weighted by molar-refractivity contribution is 0.251. The zero-order valence-corrected chi connectivity index (χ0v) is 12.5. The van der Waals surface area contributed by atoms with E-state index < -0.39 is 0 Å². The van der Waals surface area contributed by atoms with Crippen LogP contribution in [0.4, 0.5) is 10.7 Å². The van der Waals surface area contributed by atoms with E-state index in [0.717, 1.165) is 48.5 Å². The summed E-state index contributed by atoms with van der Waals surface area (Å²) in [7, 11) is 0. The molecule has 1 aliphatic heterocycles. The third-order valence-electron chi connectivity index (χ3n) is 3.96. The predicted octanol–water partition coefficient (Wildman–Crippen LogP) is 1.81. The van der Waals surface area contributed by atoms with Gasteiger partial charge in [-0.05, 0) is 25.0 Å². The Labute approximate surface area is 132 Å². The molecular formula is C15H17N7O. The molecule has 3 heterocycles. The number of benzene rings is 1. The molecule has 0 unspecified atom stereocenters. The number of anilines is 1. The van der Waals surface area contributed by atoms with Crippen molar-refractivity contribution in [3.63, 3.8) is 0 Å². The number of H-pyrrole nitrogens is 1. The summed E-state index contributed by atoms with van der Waals surface area (Å²) in [5, 5.41) is 13.8. The molecule has 0 saturated carbocycles. The first-order valence-electron chi connectivity index (χ1n) is 7.70. The number of para-hydroxylation sites is 2. The number of aromatic amines is 1. The van der Waals surface area contributed by atoms with Crippen LogP contribution in [0.15, 0.2) is 24.3 Å². The maximum Gasteiger partial charge on any atom is 0.321 e. The Morgan fingerprint density at radius 2 is 2.17 bits per heavy atom. The van der Waals surface area contributed by atoms with Crippen molar-refractivity contribution in [1.82, 2.24) is 30.0 Å². The van der Waals surface area contributed by atoms with Crippen LogP contribution in [0, 0.1) is 0 Å². The molecule has 0 bridgehead atoms. The minimum Gasteiger partial charge on any atom is -0.330 e. The van der Waals surface area contributed by atoms with Crippen LogP contribution in [0.3, 0.4) is 0 Å². The zero-order chi connectivity index (χ0) is 15.6. The molecule has 3 aromatic rings. The van der Waals surface area contributed by atoms with Gasteiger partial charge in [-0.3, -0.25) is 5.32 Å². The van der Waals surface area contributed by atoms with Crippen molar-refractivity contribution in [2.45, 2.75) is 32.4 Å². The first-order valence-corrected chi connectivity index (χ1v) is 7.70. The highest BCUT2D eigenvalue weighted by Crippen LogP contribution is 2.15. The van der Waals surface area contributed by atoms with E-state index in [1.165, 1.54) is 0 Å². The van der Waals surface area contributed by atoms with Crippen molar-refractivity contribution in [3.8, 4) is 0 Å². The third-order valence-corrected chi connectivity index (χ3v) is 3.96. The number of fused-ring (bicyclic) bond motifs is 2. The third kappa shape index (κ3) is 2.75. The fraction of sp³-hybridized carbons (Fsp3) is 0.333. The van der Waals surface area contributed by atoms with Crippen molar-refractivity contribution < 1.29 is 4.79 Å². The van der Waals surface area contributed by atoms with Gasteiger partial charge < -0.3 is 14.9 Å². The summed E-state index contributed by atoms with van der Waals surface area (Å²) < 4.78 is 2.09. The van der Waals surface area contributed by atoms with Crippen molar-refractivity contribution in [3.05, 3.63) is 35.9 Å². The van der Waals surface area contributed by atoms with E-state index >= 15 is 0 Å². The summed E-state index contributed by atoms with van der Waals surface area (Å²) in [6, 6.07) is 7.29. The molecule has 8 heteroatoms. The second kappa shape index (κ2) is 5.71. The summed E-state index contributed by atoms with van der Waals surface area (Å²) >= 11 is 0. The first kappa shape index (κ1) is 13.7. The largest absolute Gasteiger partial charge is 0.330 e. The minimum atomic E-state index is -0.322. The molecule has 0 atom stereocenters. The molecule has 0 radical (unpaired) electrons. The molecule has 4 rings (SSSR count). The molecule has 1 aliphatic rings. The number of hydrogen-bond donors (Lipinski definition) is 3. The molecule has 0 fully saturated rings. The summed E-state index contributed by atoms with van der Waals surface area (Å²) in [6.07, 6.45) is 3.24. The van der Waals surface area contributed by atoms with Crippen LogP contribution in [-0.4, -0.2) is 30.8 Å². The van der Waals surface area contributed by atoms with Crippen molar-refractivity contribution in [2.24, 2.45) is 0 Å². The second-order valence-corrected chi connectivity index (χ2v) is 5.55. The van der Waals surface area contributed by atoms with E-state index in [9.17, 15) is 4.79 Å². The Kier molecular flexibility index (Phi) is 3.41. The predicted molar refractivity (Wildman–Crippen MR) is 84.9 cm³/mol. The fourth-order valence-electron chi connectivity index (χ4n) is 2.82. The molecule has 118 valence electrons. The number of aromatic nitrogens is 5. The standard InChI is InChI=1S/C15H17N7O/c23-15(19-14-17-10-5-1-2-6-11(10)18-14)16-9-13-21-20-12-7-3-4-8-22(12)13/h1-2,5-6H,3-4,7-9H2,(H3,16,17,18,19,23). The van der Waals surface area contributed by atoms with Gasteiger partial charge in [-0.1, -0.05) is 12.1 Å². The SMILES string of the molecule is O=C(NCc1nnc2n1CCCC2)Nc1nc2ccccc2[nH]1. The lowest BCUT2D eigenvalue weighted by Gasteiger charge is -2.14. The topological polar surface area (TPSA) is 101 Å². The molecule has 2 amide bonds. The smallest absolute Gasteiger partial charge is 0.321 e. The van der Waals surface area contributed by atoms with E-state index in [-0.39, 0.29) is 6.03 Å². The number of nitrogens with one attached hydrogen (secondary N) is 3. The molecule has 0 saturated heterocycles. The summed E-state index contributed by atoms with van der Waals surface area (Å²) in [6.45, 7) is 1.27. The average molecular weight is 311 g/mol. The average Bonchev–Trinajstić information content (AvgIpc) is 3.16. The number of amides is 2. The van der Waals surface area contributed by atoms with Crippen LogP contribution in [0.1, 0.15) is 24.5 Å². The Hall–Kier alpha value is -2.90. The van der Waals surface area contributed by atoms with Gasteiger partial charge in [0.05, 0.1) is 17.6 Å². The lowest BCUT2D eigenvalue weighted by Crippen LogP contribution is -2.30. The Morgan fingerprint density at radius 1 is 1.26 bits per heavy atom. The van der Waals surface area contributed by atoms with Crippen LogP contribution >= 0.6 is 0 Å². The molecule has 8 nitrogen and oxygen atoms in total. The van der Waals surface area contributed by atoms with Gasteiger partial charge in [-0.2, -0.15) is 0 Å². The van der Waals surface area contributed by atoms with Gasteiger partial charge in [0.15, 0.2) is 5.82 Å². The van der Waals surface area contributed by atoms with Gasteiger partial charge >= 0.3 is 6.03 Å². The molecule has 2 aromatic heterocycles. The van der Waals surface area contributed by atoms with Gasteiger partial charge in [0.2, 0.25) is 5.95 Å². The number of rotatable bonds is 3. The zero-order valence-electron chi connectivity index (χ0n) is 12.5. The van der Waals surface area contributed by atoms with E-state index in [4.69, 9.17) is 0 Å². The highest BCUT2D eigenvalue weighted by Gasteiger charge is 2.16. The number of hydrogen-bond acceptors (Lipinski definition) is 4. The van der Waals surface area contributed by atoms with Gasteiger partial charge in [0, 0.05) is 13.0 Å². The first-order chi connectivity index (χ1) is 11.3. The molecule has 3 N–H and O–H groups in total. The van der Waals surface area contributed by atoms with Gasteiger partial charge in [-0.25, -0.2) is 9.78 Å². The highest BCUT2D eigenvalue weighted by molar-refractivity contribution is 5.89. The normalized spacial score (nSPS) is 13.7. The fourth-order valence-corrected chi connectivity index (χ4v) is 2.82. The highest BCUT2D eigenvalue weighted by atomic mass is 16.2. The van der Waals surface area contributed by atoms with Gasteiger partial charge in [-0.15, -0.1) is 10.2 Å². The van der Waals surface area contributed by atoms with E-state index in [1.54, 1.807) is 0 Å². The van der Waals surface area contributed by atoms with Crippen LogP contribution in [0.2, 0.25) is 0 Å². The van der Waals surface area contributed by atoms with E-state index in [0.29, 0.717) is 12.5 Å². The number of urea groups is 1. The van der Waals surface area contributed by atoms with E-state index in [1.807, 2.05) is 24.3 Å². The number of imidazole rings is 1. The van der Waals surface area contributed by atoms with E-state index in [2.05, 4.69) is 35.4 Å². The van der Waals surface area contributed by atoms with Crippen LogP contribution < -0.4 is 10.6 Å². The maximum absolute atomic E-state index is 12.0. The monoisotopic (exact) mass is 311 g/mol. The van der Waals surface area contributed by atoms with Crippen LogP contribution in [-0.2, 0) is 19.5 Å². The maximum atomic E-state index is 12.0. The summed E-state index contributed by atoms with van der Waals surface area (Å²) in [5.41, 5.74) is 1.70. The summed E-state index contributed by atoms with van der Waals surface area (Å²) in [5.74, 6) is 2.22. The Balaban J connectivity index is 1.39. The molecule has 0 spiro atoms. The molecule has 1 aromatic carbocycles. The summed E-state index contributed by atoms with van der Waals surface area (Å²) in [4.78, 5) is 19.4. The van der Waals surface area contributed by atoms with Crippen LogP contribution in [0.25, 0.3) is 11.0 Å². The second-order valence-electron chi connectivity index (χ2n) is 5.55. The number of aryl methyl sites for hydroxylation is 1. The van der Waals surface area contributed by atoms with Crippen LogP contribution in [0.5, 0.6) is 0 Å². The number of carbonyl (C=O) groups excluding carboxylic acids is 1. The quantitative estimate of drug-likeness (QED) is 0.686. The molecular weight excluding hydrogens is 294 g/mol. The number of carbonyl (C=O) groups is 1. The minimum absolute atomic E-state index is 0.322. The van der Waals surface area contributed by atoms with Crippen molar-refractivity contribution in [1.29, 1.82) is 0 Å². The Bertz CT molecular complexity index is 818. The molecule has 23 heavy (non-hydrogen) atoms.